The lowest BCUT2D eigenvalue weighted by atomic mass is 9.99. The molecule has 0 fully saturated rings. The van der Waals surface area contributed by atoms with Crippen molar-refractivity contribution in [3.63, 3.8) is 0 Å². The summed E-state index contributed by atoms with van der Waals surface area (Å²) in [6.07, 6.45) is -0.210. The lowest BCUT2D eigenvalue weighted by molar-refractivity contribution is -0.140. The average Bonchev–Trinajstić information content (AvgIpc) is 2.77. The molecule has 2 unspecified atom stereocenters. The standard InChI is InChI=1S/C27H36ClN3O5/c1-8-15-31(25(34)18(4)29-26(35)36-27(5,6)7)22(19-13-9-12-17(3)23(19)32)24(33)30-21-16(2)11-10-14-20(21)28/h9-14,18,22,32H,8,15H2,1-7H3,(H,29,35)(H,30,33). The number of hydrogen-bond donors (Lipinski definition) is 3. The topological polar surface area (TPSA) is 108 Å². The normalized spacial score (nSPS) is 12.9. The van der Waals surface area contributed by atoms with E-state index in [1.165, 1.54) is 11.8 Å². The third-order valence-electron chi connectivity index (χ3n) is 5.44. The number of alkyl carbamates (subject to hydrolysis) is 1. The molecule has 0 aliphatic rings. The fourth-order valence-corrected chi connectivity index (χ4v) is 4.01. The highest BCUT2D eigenvalue weighted by Crippen LogP contribution is 2.34. The van der Waals surface area contributed by atoms with E-state index in [1.54, 1.807) is 58.0 Å². The highest BCUT2D eigenvalue weighted by Gasteiger charge is 2.36. The van der Waals surface area contributed by atoms with E-state index in [-0.39, 0.29) is 17.9 Å². The van der Waals surface area contributed by atoms with Crippen LogP contribution >= 0.6 is 11.6 Å². The number of carbonyl (C=O) groups is 3. The Balaban J connectivity index is 2.50. The Morgan fingerprint density at radius 2 is 1.69 bits per heavy atom. The van der Waals surface area contributed by atoms with Crippen molar-refractivity contribution in [1.82, 2.24) is 10.2 Å². The molecule has 0 bridgehead atoms. The van der Waals surface area contributed by atoms with Crippen LogP contribution in [-0.4, -0.2) is 46.1 Å². The predicted octanol–water partition coefficient (Wildman–Crippen LogP) is 5.49. The number of anilines is 1. The first-order valence-electron chi connectivity index (χ1n) is 11.9. The molecule has 3 amide bonds. The fraction of sp³-hybridized carbons (Fsp3) is 0.444. The molecular weight excluding hydrogens is 482 g/mol. The lowest BCUT2D eigenvalue weighted by Crippen LogP contribution is -2.51. The molecule has 0 aromatic heterocycles. The van der Waals surface area contributed by atoms with Gasteiger partial charge in [-0.05, 0) is 65.2 Å². The monoisotopic (exact) mass is 517 g/mol. The number of phenols is 1. The van der Waals surface area contributed by atoms with Gasteiger partial charge in [0.2, 0.25) is 5.91 Å². The van der Waals surface area contributed by atoms with E-state index in [2.05, 4.69) is 10.6 Å². The van der Waals surface area contributed by atoms with Crippen LogP contribution in [0.15, 0.2) is 36.4 Å². The third-order valence-corrected chi connectivity index (χ3v) is 5.76. The van der Waals surface area contributed by atoms with Gasteiger partial charge >= 0.3 is 6.09 Å². The SMILES string of the molecule is CCCN(C(=O)C(C)NC(=O)OC(C)(C)C)C(C(=O)Nc1c(C)cccc1Cl)c1cccc(C)c1O. The molecule has 0 saturated heterocycles. The van der Waals surface area contributed by atoms with Crippen LogP contribution in [-0.2, 0) is 14.3 Å². The third kappa shape index (κ3) is 7.37. The van der Waals surface area contributed by atoms with Gasteiger partial charge in [-0.2, -0.15) is 0 Å². The molecule has 196 valence electrons. The second-order valence-corrected chi connectivity index (χ2v) is 10.1. The summed E-state index contributed by atoms with van der Waals surface area (Å²) in [6, 6.07) is 8.09. The molecule has 2 aromatic rings. The molecule has 36 heavy (non-hydrogen) atoms. The van der Waals surface area contributed by atoms with Crippen LogP contribution in [0.2, 0.25) is 5.02 Å². The molecule has 9 heteroatoms. The minimum Gasteiger partial charge on any atom is -0.507 e. The molecule has 2 atom stereocenters. The van der Waals surface area contributed by atoms with Gasteiger partial charge < -0.3 is 25.4 Å². The van der Waals surface area contributed by atoms with E-state index in [0.717, 1.165) is 5.56 Å². The quantitative estimate of drug-likeness (QED) is 0.429. The van der Waals surface area contributed by atoms with E-state index in [1.807, 2.05) is 19.9 Å². The van der Waals surface area contributed by atoms with Crippen LogP contribution in [0.1, 0.15) is 63.8 Å². The number of hydrogen-bond acceptors (Lipinski definition) is 5. The van der Waals surface area contributed by atoms with Crippen LogP contribution in [0.25, 0.3) is 0 Å². The molecule has 8 nitrogen and oxygen atoms in total. The zero-order chi connectivity index (χ0) is 27.2. The maximum atomic E-state index is 13.7. The molecule has 0 heterocycles. The molecule has 3 N–H and O–H groups in total. The van der Waals surface area contributed by atoms with Gasteiger partial charge in [-0.1, -0.05) is 48.9 Å². The second-order valence-electron chi connectivity index (χ2n) is 9.74. The number of aromatic hydroxyl groups is 1. The minimum atomic E-state index is -1.18. The summed E-state index contributed by atoms with van der Waals surface area (Å²) in [5, 5.41) is 16.6. The van der Waals surface area contributed by atoms with Gasteiger partial charge in [-0.3, -0.25) is 9.59 Å². The van der Waals surface area contributed by atoms with E-state index >= 15 is 0 Å². The van der Waals surface area contributed by atoms with E-state index in [4.69, 9.17) is 16.3 Å². The number of benzene rings is 2. The van der Waals surface area contributed by atoms with Gasteiger partial charge in [0.05, 0.1) is 10.7 Å². The number of carbonyl (C=O) groups excluding carboxylic acids is 3. The number of amides is 3. The summed E-state index contributed by atoms with van der Waals surface area (Å²) in [7, 11) is 0. The first kappa shape index (κ1) is 29.0. The molecule has 0 spiro atoms. The summed E-state index contributed by atoms with van der Waals surface area (Å²) in [6.45, 7) is 12.3. The Morgan fingerprint density at radius 1 is 1.08 bits per heavy atom. The Morgan fingerprint density at radius 3 is 2.28 bits per heavy atom. The number of halogens is 1. The smallest absolute Gasteiger partial charge is 0.408 e. The molecular formula is C27H36ClN3O5. The molecule has 0 aliphatic carbocycles. The molecule has 0 saturated carbocycles. The maximum absolute atomic E-state index is 13.7. The lowest BCUT2D eigenvalue weighted by Gasteiger charge is -2.34. The van der Waals surface area contributed by atoms with Crippen LogP contribution in [0.3, 0.4) is 0 Å². The molecule has 2 aromatic carbocycles. The highest BCUT2D eigenvalue weighted by atomic mass is 35.5. The highest BCUT2D eigenvalue weighted by molar-refractivity contribution is 6.34. The van der Waals surface area contributed by atoms with Crippen molar-refractivity contribution in [2.75, 3.05) is 11.9 Å². The van der Waals surface area contributed by atoms with Crippen molar-refractivity contribution in [3.05, 3.63) is 58.1 Å². The number of aryl methyl sites for hydroxylation is 2. The van der Waals surface area contributed by atoms with Crippen molar-refractivity contribution in [2.24, 2.45) is 0 Å². The van der Waals surface area contributed by atoms with E-state index < -0.39 is 35.6 Å². The Hall–Kier alpha value is -3.26. The minimum absolute atomic E-state index is 0.0878. The summed E-state index contributed by atoms with van der Waals surface area (Å²) in [4.78, 5) is 41.0. The van der Waals surface area contributed by atoms with Gasteiger partial charge in [0, 0.05) is 12.1 Å². The van der Waals surface area contributed by atoms with Crippen molar-refractivity contribution in [3.8, 4) is 5.75 Å². The molecule has 2 rings (SSSR count). The maximum Gasteiger partial charge on any atom is 0.408 e. The number of nitrogens with one attached hydrogen (secondary N) is 2. The summed E-state index contributed by atoms with van der Waals surface area (Å²) < 4.78 is 5.28. The number of para-hydroxylation sites is 2. The van der Waals surface area contributed by atoms with Gasteiger partial charge in [0.1, 0.15) is 23.4 Å². The van der Waals surface area contributed by atoms with Crippen LogP contribution < -0.4 is 10.6 Å². The predicted molar refractivity (Wildman–Crippen MR) is 141 cm³/mol. The van der Waals surface area contributed by atoms with Gasteiger partial charge in [-0.15, -0.1) is 0 Å². The number of phenolic OH excluding ortho intramolecular Hbond substituents is 1. The van der Waals surface area contributed by atoms with Gasteiger partial charge in [-0.25, -0.2) is 4.79 Å². The average molecular weight is 518 g/mol. The number of nitrogens with zero attached hydrogens (tertiary/aromatic N) is 1. The van der Waals surface area contributed by atoms with Crippen molar-refractivity contribution < 1.29 is 24.2 Å². The zero-order valence-corrected chi connectivity index (χ0v) is 22.7. The van der Waals surface area contributed by atoms with Crippen molar-refractivity contribution in [1.29, 1.82) is 0 Å². The van der Waals surface area contributed by atoms with Crippen LogP contribution in [0, 0.1) is 13.8 Å². The first-order chi connectivity index (χ1) is 16.8. The Kier molecular flexibility index (Phi) is 9.76. The Bertz CT molecular complexity index is 1090. The van der Waals surface area contributed by atoms with Crippen molar-refractivity contribution >= 4 is 35.2 Å². The summed E-state index contributed by atoms with van der Waals surface area (Å²) in [5.41, 5.74) is 1.26. The Labute approximate surface area is 218 Å². The number of ether oxygens (including phenoxy) is 1. The zero-order valence-electron chi connectivity index (χ0n) is 21.9. The van der Waals surface area contributed by atoms with Crippen molar-refractivity contribution in [2.45, 2.75) is 72.6 Å². The molecule has 0 aliphatic heterocycles. The van der Waals surface area contributed by atoms with Gasteiger partial charge in [0.25, 0.3) is 5.91 Å². The largest absolute Gasteiger partial charge is 0.507 e. The number of rotatable bonds is 8. The fourth-order valence-electron chi connectivity index (χ4n) is 3.74. The van der Waals surface area contributed by atoms with E-state index in [0.29, 0.717) is 22.7 Å². The first-order valence-corrected chi connectivity index (χ1v) is 12.3. The van der Waals surface area contributed by atoms with Gasteiger partial charge in [0.15, 0.2) is 0 Å². The summed E-state index contributed by atoms with van der Waals surface area (Å²) >= 11 is 6.34. The van der Waals surface area contributed by atoms with Crippen LogP contribution in [0.4, 0.5) is 10.5 Å². The van der Waals surface area contributed by atoms with E-state index in [9.17, 15) is 19.5 Å². The second kappa shape index (κ2) is 12.1. The summed E-state index contributed by atoms with van der Waals surface area (Å²) in [5.74, 6) is -1.13. The van der Waals surface area contributed by atoms with Crippen LogP contribution in [0.5, 0.6) is 5.75 Å². The molecule has 0 radical (unpaired) electrons.